The fourth-order valence-electron chi connectivity index (χ4n) is 9.33. The van der Waals surface area contributed by atoms with Crippen LogP contribution in [0.2, 0.25) is 0 Å². The predicted molar refractivity (Wildman–Crippen MR) is 323 cm³/mol. The third kappa shape index (κ3) is 57.9. The highest BCUT2D eigenvalue weighted by molar-refractivity contribution is 7.47. The van der Waals surface area contributed by atoms with Crippen LogP contribution in [0.4, 0.5) is 0 Å². The number of allylic oxidation sites excluding steroid dienone is 9. The molecule has 74 heavy (non-hydrogen) atoms. The standard InChI is InChI=1S/C65H123N2O6P/c1-6-8-10-12-14-16-18-20-21-22-23-24-25-26-27-28-29-30-31-32-33-34-35-36-37-38-39-40-41-42-43-44-45-47-49-51-53-55-57-59-65(69)66-63(62-73-74(70,71)72-61-60-67(3,4)5)64(68)58-56-54-52-50-48-46-19-17-15-13-11-9-7-2/h8,10,14,16,20-21,23-24,56,58,63-64,68H,6-7,9,11-13,15,17-19,22,25-55,57,59-62H2,1-5H3,(H-,66,69,70,71)/p+1/b10-8-,16-14-,21-20-,24-23-,58-56+. The van der Waals surface area contributed by atoms with E-state index in [1.165, 1.54) is 212 Å². The summed E-state index contributed by atoms with van der Waals surface area (Å²) in [4.78, 5) is 23.3. The average Bonchev–Trinajstić information content (AvgIpc) is 3.36. The van der Waals surface area contributed by atoms with Crippen LogP contribution in [0.5, 0.6) is 0 Å². The quantitative estimate of drug-likeness (QED) is 0.0243. The number of carbonyl (C=O) groups is 1. The molecule has 0 saturated heterocycles. The van der Waals surface area contributed by atoms with Crippen molar-refractivity contribution in [2.75, 3.05) is 40.9 Å². The van der Waals surface area contributed by atoms with Gasteiger partial charge in [-0.3, -0.25) is 13.8 Å². The number of hydrogen-bond acceptors (Lipinski definition) is 5. The number of nitrogens with one attached hydrogen (secondary N) is 1. The number of rotatable bonds is 58. The maximum Gasteiger partial charge on any atom is 0.472 e. The Morgan fingerprint density at radius 1 is 0.473 bits per heavy atom. The minimum atomic E-state index is -4.34. The van der Waals surface area contributed by atoms with Gasteiger partial charge >= 0.3 is 7.82 Å². The van der Waals surface area contributed by atoms with E-state index < -0.39 is 20.0 Å². The van der Waals surface area contributed by atoms with Crippen molar-refractivity contribution in [2.45, 2.75) is 309 Å². The summed E-state index contributed by atoms with van der Waals surface area (Å²) in [5.74, 6) is -0.173. The molecular formula is C65H124N2O6P+. The molecule has 3 N–H and O–H groups in total. The lowest BCUT2D eigenvalue weighted by molar-refractivity contribution is -0.870. The molecule has 0 aliphatic heterocycles. The number of phosphoric acid groups is 1. The summed E-state index contributed by atoms with van der Waals surface area (Å²) >= 11 is 0. The number of aliphatic hydroxyl groups excluding tert-OH is 1. The molecule has 9 heteroatoms. The van der Waals surface area contributed by atoms with Crippen molar-refractivity contribution in [3.8, 4) is 0 Å². The van der Waals surface area contributed by atoms with E-state index in [0.29, 0.717) is 17.4 Å². The van der Waals surface area contributed by atoms with Gasteiger partial charge in [0.25, 0.3) is 0 Å². The minimum absolute atomic E-state index is 0.0627. The number of unbranched alkanes of at least 4 members (excludes halogenated alkanes) is 37. The van der Waals surface area contributed by atoms with Crippen molar-refractivity contribution in [2.24, 2.45) is 0 Å². The zero-order chi connectivity index (χ0) is 54.2. The first kappa shape index (κ1) is 72.2. The lowest BCUT2D eigenvalue weighted by atomic mass is 10.0. The van der Waals surface area contributed by atoms with Gasteiger partial charge in [-0.2, -0.15) is 0 Å². The second-order valence-electron chi connectivity index (χ2n) is 22.8. The lowest BCUT2D eigenvalue weighted by Crippen LogP contribution is -2.45. The van der Waals surface area contributed by atoms with E-state index in [1.54, 1.807) is 6.08 Å². The maximum atomic E-state index is 13.0. The van der Waals surface area contributed by atoms with E-state index in [0.717, 1.165) is 64.2 Å². The van der Waals surface area contributed by atoms with Crippen molar-refractivity contribution in [1.29, 1.82) is 0 Å². The molecule has 0 aromatic heterocycles. The molecular weight excluding hydrogens is 936 g/mol. The van der Waals surface area contributed by atoms with Crippen LogP contribution < -0.4 is 5.32 Å². The van der Waals surface area contributed by atoms with Crippen molar-refractivity contribution >= 4 is 13.7 Å². The molecule has 1 amide bonds. The van der Waals surface area contributed by atoms with E-state index in [9.17, 15) is 19.4 Å². The molecule has 3 atom stereocenters. The highest BCUT2D eigenvalue weighted by atomic mass is 31.2. The van der Waals surface area contributed by atoms with Gasteiger partial charge in [-0.15, -0.1) is 0 Å². The summed E-state index contributed by atoms with van der Waals surface area (Å²) in [6.07, 6.45) is 76.5. The zero-order valence-electron chi connectivity index (χ0n) is 49.6. The van der Waals surface area contributed by atoms with E-state index in [2.05, 4.69) is 67.8 Å². The van der Waals surface area contributed by atoms with Crippen LogP contribution in [0.25, 0.3) is 0 Å². The van der Waals surface area contributed by atoms with Gasteiger partial charge in [0.1, 0.15) is 13.2 Å². The highest BCUT2D eigenvalue weighted by Gasteiger charge is 2.27. The molecule has 0 aliphatic rings. The molecule has 0 fully saturated rings. The van der Waals surface area contributed by atoms with Crippen molar-refractivity contribution in [3.63, 3.8) is 0 Å². The predicted octanol–water partition coefficient (Wildman–Crippen LogP) is 19.7. The van der Waals surface area contributed by atoms with E-state index in [4.69, 9.17) is 9.05 Å². The van der Waals surface area contributed by atoms with Gasteiger partial charge < -0.3 is 19.8 Å². The number of hydrogen-bond donors (Lipinski definition) is 3. The molecule has 0 heterocycles. The molecule has 0 aromatic rings. The molecule has 0 saturated carbocycles. The van der Waals surface area contributed by atoms with Gasteiger partial charge in [-0.25, -0.2) is 4.57 Å². The smallest absolute Gasteiger partial charge is 0.387 e. The van der Waals surface area contributed by atoms with E-state index >= 15 is 0 Å². The summed E-state index contributed by atoms with van der Waals surface area (Å²) < 4.78 is 23.7. The Kier molecular flexibility index (Phi) is 54.6. The number of aliphatic hydroxyl groups is 1. The molecule has 0 spiro atoms. The number of amides is 1. The Hall–Kier alpha value is -1.80. The van der Waals surface area contributed by atoms with Crippen LogP contribution in [0, 0.1) is 0 Å². The molecule has 0 aromatic carbocycles. The number of phosphoric ester groups is 1. The first-order chi connectivity index (χ1) is 36.0. The van der Waals surface area contributed by atoms with Crippen LogP contribution in [0.1, 0.15) is 296 Å². The molecule has 0 radical (unpaired) electrons. The molecule has 0 rings (SSSR count). The molecule has 434 valence electrons. The van der Waals surface area contributed by atoms with E-state index in [-0.39, 0.29) is 19.1 Å². The second kappa shape index (κ2) is 55.9. The maximum absolute atomic E-state index is 13.0. The van der Waals surface area contributed by atoms with Gasteiger partial charge in [0.2, 0.25) is 5.91 Å². The van der Waals surface area contributed by atoms with Gasteiger partial charge in [-0.05, 0) is 57.8 Å². The average molecular weight is 1060 g/mol. The zero-order valence-corrected chi connectivity index (χ0v) is 50.5. The Labute approximate surface area is 460 Å². The van der Waals surface area contributed by atoms with Crippen LogP contribution in [0.3, 0.4) is 0 Å². The third-order valence-corrected chi connectivity index (χ3v) is 15.2. The Morgan fingerprint density at radius 2 is 0.811 bits per heavy atom. The first-order valence-corrected chi connectivity index (χ1v) is 33.2. The second-order valence-corrected chi connectivity index (χ2v) is 24.2. The molecule has 0 aliphatic carbocycles. The Morgan fingerprint density at radius 3 is 1.19 bits per heavy atom. The van der Waals surface area contributed by atoms with Crippen LogP contribution >= 0.6 is 7.82 Å². The number of quaternary nitrogens is 1. The molecule has 8 nitrogen and oxygen atoms in total. The number of carbonyl (C=O) groups excluding carboxylic acids is 1. The fraction of sp³-hybridized carbons (Fsp3) is 0.831. The molecule has 3 unspecified atom stereocenters. The SMILES string of the molecule is CC/C=C\C/C=C\C/C=C\C/C=C\CCCCCCCCCCCCCCCCCCCCCCCCCCCCC(=O)NC(COP(=O)(O)OCC[N+](C)(C)C)C(O)/C=C/CCCCCCCCCCCCC. The third-order valence-electron chi connectivity index (χ3n) is 14.2. The van der Waals surface area contributed by atoms with Crippen molar-refractivity contribution in [3.05, 3.63) is 60.8 Å². The monoisotopic (exact) mass is 1060 g/mol. The first-order valence-electron chi connectivity index (χ1n) is 31.7. The summed E-state index contributed by atoms with van der Waals surface area (Å²) in [6.45, 7) is 4.72. The van der Waals surface area contributed by atoms with Gasteiger partial charge in [-0.1, -0.05) is 293 Å². The normalized spacial score (nSPS) is 14.2. The van der Waals surface area contributed by atoms with Crippen molar-refractivity contribution < 1.29 is 32.9 Å². The van der Waals surface area contributed by atoms with Gasteiger partial charge in [0, 0.05) is 6.42 Å². The minimum Gasteiger partial charge on any atom is -0.387 e. The van der Waals surface area contributed by atoms with E-state index in [1.807, 2.05) is 27.2 Å². The topological polar surface area (TPSA) is 105 Å². The van der Waals surface area contributed by atoms with Crippen LogP contribution in [-0.2, 0) is 18.4 Å². The lowest BCUT2D eigenvalue weighted by Gasteiger charge is -2.25. The number of nitrogens with zero attached hydrogens (tertiary/aromatic N) is 1. The van der Waals surface area contributed by atoms with Gasteiger partial charge in [0.15, 0.2) is 0 Å². The summed E-state index contributed by atoms with van der Waals surface area (Å²) in [6, 6.07) is -0.844. The summed E-state index contributed by atoms with van der Waals surface area (Å²) in [5, 5.41) is 13.9. The Balaban J connectivity index is 3.87. The van der Waals surface area contributed by atoms with Crippen molar-refractivity contribution in [1.82, 2.24) is 5.32 Å². The van der Waals surface area contributed by atoms with Gasteiger partial charge in [0.05, 0.1) is 39.9 Å². The Bertz CT molecular complexity index is 1390. The highest BCUT2D eigenvalue weighted by Crippen LogP contribution is 2.43. The number of likely N-dealkylation sites (N-methyl/N-ethyl adjacent to an activating group) is 1. The largest absolute Gasteiger partial charge is 0.472 e. The summed E-state index contributed by atoms with van der Waals surface area (Å²) in [5.41, 5.74) is 0. The fourth-order valence-corrected chi connectivity index (χ4v) is 10.1. The van der Waals surface area contributed by atoms with Crippen LogP contribution in [0.15, 0.2) is 60.8 Å². The van der Waals surface area contributed by atoms with Crippen LogP contribution in [-0.4, -0.2) is 73.4 Å². The summed E-state index contributed by atoms with van der Waals surface area (Å²) in [7, 11) is 1.58. The molecule has 0 bridgehead atoms.